The van der Waals surface area contributed by atoms with Crippen LogP contribution in [-0.4, -0.2) is 28.8 Å². The molecule has 8 heteroatoms. The number of carbonyl (C=O) groups is 2. The number of para-hydroxylation sites is 1. The molecule has 1 aliphatic rings. The van der Waals surface area contributed by atoms with Gasteiger partial charge >= 0.3 is 0 Å². The number of rotatable bonds is 4. The Morgan fingerprint density at radius 2 is 1.89 bits per heavy atom. The van der Waals surface area contributed by atoms with E-state index in [4.69, 9.17) is 5.73 Å². The van der Waals surface area contributed by atoms with Crippen molar-refractivity contribution in [2.24, 2.45) is 5.73 Å². The van der Waals surface area contributed by atoms with Crippen LogP contribution < -0.4 is 11.1 Å². The molecular weight excluding hydrogens is 371 g/mol. The fraction of sp³-hybridized carbons (Fsp3) is 0.300. The number of fused-ring (bicyclic) bond motifs is 1. The van der Waals surface area contributed by atoms with Crippen LogP contribution in [0.3, 0.4) is 0 Å². The molecule has 28 heavy (non-hydrogen) atoms. The number of amides is 2. The van der Waals surface area contributed by atoms with Crippen LogP contribution in [0.4, 0.5) is 18.9 Å². The number of halogens is 3. The van der Waals surface area contributed by atoms with Crippen LogP contribution in [0.2, 0.25) is 0 Å². The van der Waals surface area contributed by atoms with E-state index in [-0.39, 0.29) is 36.8 Å². The van der Waals surface area contributed by atoms with Gasteiger partial charge in [-0.1, -0.05) is 18.2 Å². The Hall–Kier alpha value is -2.87. The van der Waals surface area contributed by atoms with Crippen LogP contribution in [0.5, 0.6) is 0 Å². The van der Waals surface area contributed by atoms with Gasteiger partial charge in [0.1, 0.15) is 11.9 Å². The van der Waals surface area contributed by atoms with Crippen molar-refractivity contribution >= 4 is 17.5 Å². The molecule has 3 N–H and O–H groups in total. The second kappa shape index (κ2) is 8.02. The summed E-state index contributed by atoms with van der Waals surface area (Å²) in [5.74, 6) is -4.08. The summed E-state index contributed by atoms with van der Waals surface area (Å²) >= 11 is 0. The molecule has 5 nitrogen and oxygen atoms in total. The van der Waals surface area contributed by atoms with Crippen molar-refractivity contribution in [1.82, 2.24) is 4.90 Å². The molecule has 0 bridgehead atoms. The van der Waals surface area contributed by atoms with Gasteiger partial charge in [-0.05, 0) is 36.6 Å². The molecule has 2 atom stereocenters. The molecule has 2 aromatic carbocycles. The quantitative estimate of drug-likeness (QED) is 0.787. The zero-order valence-corrected chi connectivity index (χ0v) is 15.2. The van der Waals surface area contributed by atoms with Crippen LogP contribution in [0.1, 0.15) is 24.5 Å². The summed E-state index contributed by atoms with van der Waals surface area (Å²) in [6, 6.07) is 6.82. The zero-order valence-electron chi connectivity index (χ0n) is 15.2. The van der Waals surface area contributed by atoms with Crippen molar-refractivity contribution in [3.05, 3.63) is 65.0 Å². The fourth-order valence-corrected chi connectivity index (χ4v) is 3.20. The lowest BCUT2D eigenvalue weighted by atomic mass is 10.0. The first-order valence-corrected chi connectivity index (χ1v) is 8.83. The highest BCUT2D eigenvalue weighted by molar-refractivity contribution is 5.98. The Kier molecular flexibility index (Phi) is 5.69. The number of nitrogens with zero attached hydrogens (tertiary/aromatic N) is 1. The highest BCUT2D eigenvalue weighted by Gasteiger charge is 2.30. The van der Waals surface area contributed by atoms with E-state index in [1.165, 1.54) is 4.90 Å². The summed E-state index contributed by atoms with van der Waals surface area (Å²) in [6.45, 7) is 1.83. The lowest BCUT2D eigenvalue weighted by Gasteiger charge is -2.27. The van der Waals surface area contributed by atoms with Gasteiger partial charge in [0.05, 0.1) is 0 Å². The van der Waals surface area contributed by atoms with Crippen LogP contribution in [-0.2, 0) is 22.6 Å². The standard InChI is InChI=1S/C20H20F3N3O2/c1-11-20(28)25-18-5-3-2-4-12(18)10-26(11)19(27)8-14(24)6-13-7-16(22)17(23)9-15(13)21/h2-5,7,9,11,14H,6,8,10,24H2,1H3,(H,25,28)/t11-,14+/m0/s1. The van der Waals surface area contributed by atoms with Crippen LogP contribution >= 0.6 is 0 Å². The molecular formula is C20H20F3N3O2. The Balaban J connectivity index is 1.73. The molecule has 0 radical (unpaired) electrons. The number of carbonyl (C=O) groups excluding carboxylic acids is 2. The number of hydrogen-bond acceptors (Lipinski definition) is 3. The Bertz CT molecular complexity index is 920. The van der Waals surface area contributed by atoms with Crippen molar-refractivity contribution in [3.63, 3.8) is 0 Å². The first-order valence-electron chi connectivity index (χ1n) is 8.83. The normalized spacial score (nSPS) is 17.5. The summed E-state index contributed by atoms with van der Waals surface area (Å²) in [5, 5.41) is 2.78. The van der Waals surface area contributed by atoms with Gasteiger partial charge in [-0.2, -0.15) is 0 Å². The highest BCUT2D eigenvalue weighted by atomic mass is 19.2. The second-order valence-electron chi connectivity index (χ2n) is 6.87. The molecule has 1 heterocycles. The van der Waals surface area contributed by atoms with Crippen LogP contribution in [0.15, 0.2) is 36.4 Å². The first kappa shape index (κ1) is 19.9. The third-order valence-corrected chi connectivity index (χ3v) is 4.79. The van der Waals surface area contributed by atoms with Crippen molar-refractivity contribution < 1.29 is 22.8 Å². The molecule has 0 aromatic heterocycles. The number of benzene rings is 2. The molecule has 0 spiro atoms. The van der Waals surface area contributed by atoms with E-state index in [0.717, 1.165) is 11.6 Å². The smallest absolute Gasteiger partial charge is 0.246 e. The Labute approximate surface area is 160 Å². The summed E-state index contributed by atoms with van der Waals surface area (Å²) in [5.41, 5.74) is 7.28. The third kappa shape index (κ3) is 4.17. The van der Waals surface area contributed by atoms with Crippen molar-refractivity contribution in [2.45, 2.75) is 38.4 Å². The van der Waals surface area contributed by atoms with E-state index in [1.807, 2.05) is 6.07 Å². The molecule has 0 unspecified atom stereocenters. The summed E-state index contributed by atoms with van der Waals surface area (Å²) in [6.07, 6.45) is -0.308. The average Bonchev–Trinajstić information content (AvgIpc) is 2.76. The van der Waals surface area contributed by atoms with E-state index >= 15 is 0 Å². The molecule has 2 amide bonds. The topological polar surface area (TPSA) is 75.4 Å². The summed E-state index contributed by atoms with van der Waals surface area (Å²) < 4.78 is 40.2. The van der Waals surface area contributed by atoms with Gasteiger partial charge in [-0.25, -0.2) is 13.2 Å². The number of hydrogen-bond donors (Lipinski definition) is 2. The molecule has 3 rings (SSSR count). The van der Waals surface area contributed by atoms with Crippen molar-refractivity contribution in [3.8, 4) is 0 Å². The molecule has 2 aromatic rings. The van der Waals surface area contributed by atoms with E-state index in [1.54, 1.807) is 25.1 Å². The first-order chi connectivity index (χ1) is 13.3. The van der Waals surface area contributed by atoms with E-state index in [0.29, 0.717) is 11.8 Å². The van der Waals surface area contributed by atoms with Gasteiger partial charge < -0.3 is 16.0 Å². The van der Waals surface area contributed by atoms with Gasteiger partial charge in [0.25, 0.3) is 0 Å². The second-order valence-corrected chi connectivity index (χ2v) is 6.87. The lowest BCUT2D eigenvalue weighted by molar-refractivity contribution is -0.138. The minimum absolute atomic E-state index is 0.105. The maximum absolute atomic E-state index is 13.8. The van der Waals surface area contributed by atoms with Gasteiger partial charge in [0.15, 0.2) is 11.6 Å². The number of nitrogens with one attached hydrogen (secondary N) is 1. The maximum atomic E-state index is 13.8. The predicted molar refractivity (Wildman–Crippen MR) is 97.7 cm³/mol. The third-order valence-electron chi connectivity index (χ3n) is 4.79. The monoisotopic (exact) mass is 391 g/mol. The largest absolute Gasteiger partial charge is 0.327 e. The molecule has 1 aliphatic heterocycles. The zero-order chi connectivity index (χ0) is 20.4. The molecule has 148 valence electrons. The summed E-state index contributed by atoms with van der Waals surface area (Å²) in [7, 11) is 0. The van der Waals surface area contributed by atoms with Gasteiger partial charge in [-0.3, -0.25) is 9.59 Å². The van der Waals surface area contributed by atoms with Crippen LogP contribution in [0.25, 0.3) is 0 Å². The minimum Gasteiger partial charge on any atom is -0.327 e. The molecule has 0 saturated heterocycles. The highest BCUT2D eigenvalue weighted by Crippen LogP contribution is 2.24. The molecule has 0 aliphatic carbocycles. The summed E-state index contributed by atoms with van der Waals surface area (Å²) in [4.78, 5) is 26.5. The van der Waals surface area contributed by atoms with Gasteiger partial charge in [-0.15, -0.1) is 0 Å². The Morgan fingerprint density at radius 3 is 2.64 bits per heavy atom. The molecule has 0 fully saturated rings. The van der Waals surface area contributed by atoms with Crippen molar-refractivity contribution in [1.29, 1.82) is 0 Å². The van der Waals surface area contributed by atoms with Gasteiger partial charge in [0, 0.05) is 30.8 Å². The SMILES string of the molecule is C[C@H]1C(=O)Nc2ccccc2CN1C(=O)C[C@H](N)Cc1cc(F)c(F)cc1F. The van der Waals surface area contributed by atoms with Crippen molar-refractivity contribution in [2.75, 3.05) is 5.32 Å². The lowest BCUT2D eigenvalue weighted by Crippen LogP contribution is -2.45. The predicted octanol–water partition coefficient (Wildman–Crippen LogP) is 2.73. The van der Waals surface area contributed by atoms with Crippen LogP contribution in [0, 0.1) is 17.5 Å². The fourth-order valence-electron chi connectivity index (χ4n) is 3.20. The average molecular weight is 391 g/mol. The molecule has 0 saturated carbocycles. The number of nitrogens with two attached hydrogens (primary N) is 1. The maximum Gasteiger partial charge on any atom is 0.246 e. The van der Waals surface area contributed by atoms with E-state index < -0.39 is 29.5 Å². The van der Waals surface area contributed by atoms with E-state index in [2.05, 4.69) is 5.32 Å². The minimum atomic E-state index is -1.28. The van der Waals surface area contributed by atoms with E-state index in [9.17, 15) is 22.8 Å². The Morgan fingerprint density at radius 1 is 1.21 bits per heavy atom. The van der Waals surface area contributed by atoms with Gasteiger partial charge in [0.2, 0.25) is 11.8 Å². The number of anilines is 1.